The second kappa shape index (κ2) is 5.15. The molecule has 1 aromatic heterocycles. The number of Topliss-reactive ketones (excluding diaryl/α,β-unsaturated/α-hetero) is 1. The van der Waals surface area contributed by atoms with Gasteiger partial charge in [0.15, 0.2) is 5.78 Å². The molecule has 0 bridgehead atoms. The number of carbonyl (C=O) groups excluding carboxylic acids is 1. The molecular formula is C14H20N4O. The first-order valence-electron chi connectivity index (χ1n) is 7.05. The molecule has 19 heavy (non-hydrogen) atoms. The molecule has 0 aromatic carbocycles. The molecule has 0 atom stereocenters. The molecular weight excluding hydrogens is 240 g/mol. The summed E-state index contributed by atoms with van der Waals surface area (Å²) in [6.07, 6.45) is 7.05. The monoisotopic (exact) mass is 260 g/mol. The van der Waals surface area contributed by atoms with Crippen molar-refractivity contribution in [1.29, 1.82) is 0 Å². The van der Waals surface area contributed by atoms with E-state index in [0.29, 0.717) is 24.8 Å². The average Bonchev–Trinajstić information content (AvgIpc) is 2.37. The highest BCUT2D eigenvalue weighted by atomic mass is 16.1. The third-order valence-electron chi connectivity index (χ3n) is 4.20. The molecule has 102 valence electrons. The maximum Gasteiger partial charge on any atom is 0.152 e. The minimum Gasteiger partial charge on any atom is -0.357 e. The van der Waals surface area contributed by atoms with Crippen molar-refractivity contribution in [2.45, 2.75) is 38.1 Å². The van der Waals surface area contributed by atoms with E-state index in [1.54, 1.807) is 6.33 Å². The molecule has 0 radical (unpaired) electrons. The lowest BCUT2D eigenvalue weighted by atomic mass is 9.92. The number of hydrogen-bond donors (Lipinski definition) is 0. The van der Waals surface area contributed by atoms with Crippen molar-refractivity contribution in [3.63, 3.8) is 0 Å². The van der Waals surface area contributed by atoms with E-state index in [1.807, 2.05) is 6.07 Å². The van der Waals surface area contributed by atoms with Crippen molar-refractivity contribution in [2.75, 3.05) is 29.9 Å². The maximum atomic E-state index is 11.5. The van der Waals surface area contributed by atoms with Crippen LogP contribution in [0.25, 0.3) is 0 Å². The predicted molar refractivity (Wildman–Crippen MR) is 74.5 cm³/mol. The van der Waals surface area contributed by atoms with Gasteiger partial charge in [0.2, 0.25) is 0 Å². The van der Waals surface area contributed by atoms with E-state index < -0.39 is 0 Å². The van der Waals surface area contributed by atoms with E-state index in [0.717, 1.165) is 24.6 Å². The highest BCUT2D eigenvalue weighted by Crippen LogP contribution is 2.28. The quantitative estimate of drug-likeness (QED) is 0.827. The third-order valence-corrected chi connectivity index (χ3v) is 4.20. The highest BCUT2D eigenvalue weighted by Gasteiger charge is 2.24. The van der Waals surface area contributed by atoms with Gasteiger partial charge in [0.05, 0.1) is 6.54 Å². The van der Waals surface area contributed by atoms with Crippen molar-refractivity contribution in [3.05, 3.63) is 12.4 Å². The molecule has 0 amide bonds. The van der Waals surface area contributed by atoms with Gasteiger partial charge in [0.25, 0.3) is 0 Å². The number of aromatic nitrogens is 2. The standard InChI is InChI=1S/C14H20N4O/c1-17(11-4-2-5-11)13-8-14(16-10-15-13)18-7-3-6-12(19)9-18/h8,10-11H,2-7,9H2,1H3. The van der Waals surface area contributed by atoms with Crippen LogP contribution in [0.5, 0.6) is 0 Å². The van der Waals surface area contributed by atoms with Crippen LogP contribution in [0.3, 0.4) is 0 Å². The molecule has 0 N–H and O–H groups in total. The summed E-state index contributed by atoms with van der Waals surface area (Å²) in [6.45, 7) is 1.40. The smallest absolute Gasteiger partial charge is 0.152 e. The van der Waals surface area contributed by atoms with E-state index in [4.69, 9.17) is 0 Å². The molecule has 2 heterocycles. The van der Waals surface area contributed by atoms with Crippen LogP contribution in [-0.2, 0) is 4.79 Å². The fourth-order valence-corrected chi connectivity index (χ4v) is 2.70. The normalized spacial score (nSPS) is 20.3. The first-order chi connectivity index (χ1) is 9.24. The van der Waals surface area contributed by atoms with Crippen LogP contribution in [0.2, 0.25) is 0 Å². The minimum absolute atomic E-state index is 0.304. The van der Waals surface area contributed by atoms with Crippen molar-refractivity contribution in [1.82, 2.24) is 9.97 Å². The number of piperidine rings is 1. The summed E-state index contributed by atoms with van der Waals surface area (Å²) < 4.78 is 0. The Hall–Kier alpha value is -1.65. The van der Waals surface area contributed by atoms with Crippen molar-refractivity contribution in [2.24, 2.45) is 0 Å². The molecule has 1 aromatic rings. The van der Waals surface area contributed by atoms with Gasteiger partial charge < -0.3 is 9.80 Å². The Balaban J connectivity index is 1.76. The van der Waals surface area contributed by atoms with Gasteiger partial charge in [-0.05, 0) is 25.7 Å². The van der Waals surface area contributed by atoms with E-state index in [-0.39, 0.29) is 0 Å². The molecule has 1 aliphatic carbocycles. The minimum atomic E-state index is 0.304. The number of nitrogens with zero attached hydrogens (tertiary/aromatic N) is 4. The van der Waals surface area contributed by atoms with Crippen LogP contribution in [0.15, 0.2) is 12.4 Å². The molecule has 0 unspecified atom stereocenters. The zero-order valence-electron chi connectivity index (χ0n) is 11.4. The molecule has 2 aliphatic rings. The molecule has 3 rings (SSSR count). The molecule has 2 fully saturated rings. The van der Waals surface area contributed by atoms with Crippen LogP contribution in [-0.4, -0.2) is 41.9 Å². The maximum absolute atomic E-state index is 11.5. The Morgan fingerprint density at radius 2 is 2.16 bits per heavy atom. The van der Waals surface area contributed by atoms with Gasteiger partial charge in [-0.3, -0.25) is 4.79 Å². The average molecular weight is 260 g/mol. The summed E-state index contributed by atoms with van der Waals surface area (Å²) in [4.78, 5) is 24.5. The summed E-state index contributed by atoms with van der Waals surface area (Å²) in [5.41, 5.74) is 0. The van der Waals surface area contributed by atoms with Crippen LogP contribution < -0.4 is 9.80 Å². The second-order valence-corrected chi connectivity index (χ2v) is 5.49. The van der Waals surface area contributed by atoms with Crippen molar-refractivity contribution in [3.8, 4) is 0 Å². The lowest BCUT2D eigenvalue weighted by Crippen LogP contribution is -2.38. The SMILES string of the molecule is CN(c1cc(N2CCCC(=O)C2)ncn1)C1CCC1. The van der Waals surface area contributed by atoms with Gasteiger partial charge in [-0.2, -0.15) is 0 Å². The summed E-state index contributed by atoms with van der Waals surface area (Å²) in [5, 5.41) is 0. The third kappa shape index (κ3) is 2.55. The lowest BCUT2D eigenvalue weighted by Gasteiger charge is -2.36. The van der Waals surface area contributed by atoms with Gasteiger partial charge in [0, 0.05) is 32.1 Å². The van der Waals surface area contributed by atoms with E-state index in [9.17, 15) is 4.79 Å². The Morgan fingerprint density at radius 3 is 2.84 bits per heavy atom. The summed E-state index contributed by atoms with van der Waals surface area (Å²) in [7, 11) is 2.09. The Labute approximate surface area is 113 Å². The summed E-state index contributed by atoms with van der Waals surface area (Å²) in [6, 6.07) is 2.63. The van der Waals surface area contributed by atoms with Crippen LogP contribution in [0.1, 0.15) is 32.1 Å². The predicted octanol–water partition coefficient (Wildman–Crippen LogP) is 1.63. The Kier molecular flexibility index (Phi) is 3.36. The molecule has 1 saturated carbocycles. The van der Waals surface area contributed by atoms with Gasteiger partial charge in [0.1, 0.15) is 18.0 Å². The Bertz CT molecular complexity index is 472. The van der Waals surface area contributed by atoms with Gasteiger partial charge in [-0.25, -0.2) is 9.97 Å². The van der Waals surface area contributed by atoms with E-state index >= 15 is 0 Å². The number of carbonyl (C=O) groups is 1. The fraction of sp³-hybridized carbons (Fsp3) is 0.643. The van der Waals surface area contributed by atoms with E-state index in [1.165, 1.54) is 19.3 Å². The molecule has 5 nitrogen and oxygen atoms in total. The second-order valence-electron chi connectivity index (χ2n) is 5.49. The zero-order chi connectivity index (χ0) is 13.2. The van der Waals surface area contributed by atoms with Gasteiger partial charge in [-0.1, -0.05) is 0 Å². The number of ketones is 1. The van der Waals surface area contributed by atoms with E-state index in [2.05, 4.69) is 26.8 Å². The summed E-state index contributed by atoms with van der Waals surface area (Å²) in [5.74, 6) is 2.15. The number of anilines is 2. The van der Waals surface area contributed by atoms with Crippen LogP contribution >= 0.6 is 0 Å². The molecule has 5 heteroatoms. The molecule has 1 saturated heterocycles. The van der Waals surface area contributed by atoms with Crippen LogP contribution in [0.4, 0.5) is 11.6 Å². The van der Waals surface area contributed by atoms with Crippen molar-refractivity contribution < 1.29 is 4.79 Å². The lowest BCUT2D eigenvalue weighted by molar-refractivity contribution is -0.118. The highest BCUT2D eigenvalue weighted by molar-refractivity contribution is 5.84. The molecule has 0 spiro atoms. The van der Waals surface area contributed by atoms with Gasteiger partial charge >= 0.3 is 0 Å². The first kappa shape index (κ1) is 12.4. The Morgan fingerprint density at radius 1 is 1.32 bits per heavy atom. The molecule has 1 aliphatic heterocycles. The first-order valence-corrected chi connectivity index (χ1v) is 7.05. The van der Waals surface area contributed by atoms with Crippen molar-refractivity contribution >= 4 is 17.4 Å². The fourth-order valence-electron chi connectivity index (χ4n) is 2.70. The largest absolute Gasteiger partial charge is 0.357 e. The van der Waals surface area contributed by atoms with Crippen LogP contribution in [0, 0.1) is 0 Å². The topological polar surface area (TPSA) is 49.3 Å². The zero-order valence-corrected chi connectivity index (χ0v) is 11.4. The number of rotatable bonds is 3. The van der Waals surface area contributed by atoms with Gasteiger partial charge in [-0.15, -0.1) is 0 Å². The summed E-state index contributed by atoms with van der Waals surface area (Å²) >= 11 is 0. The number of hydrogen-bond acceptors (Lipinski definition) is 5.